The summed E-state index contributed by atoms with van der Waals surface area (Å²) in [5, 5.41) is 3.18. The van der Waals surface area contributed by atoms with Crippen molar-refractivity contribution >= 4 is 11.7 Å². The van der Waals surface area contributed by atoms with Gasteiger partial charge in [-0.25, -0.2) is 4.98 Å². The van der Waals surface area contributed by atoms with Crippen LogP contribution in [0.4, 0.5) is 5.82 Å². The quantitative estimate of drug-likeness (QED) is 0.819. The van der Waals surface area contributed by atoms with Crippen molar-refractivity contribution in [2.24, 2.45) is 0 Å². The first-order valence-electron chi connectivity index (χ1n) is 6.10. The summed E-state index contributed by atoms with van der Waals surface area (Å²) in [6.45, 7) is 4.05. The van der Waals surface area contributed by atoms with Crippen LogP contribution >= 0.6 is 0 Å². The molecule has 0 aliphatic rings. The average molecular weight is 250 g/mol. The highest BCUT2D eigenvalue weighted by Gasteiger charge is 2.09. The van der Waals surface area contributed by atoms with Crippen molar-refractivity contribution in [2.75, 3.05) is 39.5 Å². The lowest BCUT2D eigenvalue weighted by molar-refractivity contribution is -0.129. The first-order chi connectivity index (χ1) is 8.52. The number of aromatic nitrogens is 1. The van der Waals surface area contributed by atoms with Gasteiger partial charge in [0.1, 0.15) is 5.82 Å². The van der Waals surface area contributed by atoms with E-state index in [9.17, 15) is 4.79 Å². The van der Waals surface area contributed by atoms with Crippen molar-refractivity contribution in [1.82, 2.24) is 14.8 Å². The SMILES string of the molecule is CCNc1cc(CN(C)CC(=O)N(C)C)ccn1. The molecule has 1 rings (SSSR count). The van der Waals surface area contributed by atoms with Gasteiger partial charge in [-0.1, -0.05) is 0 Å². The number of likely N-dealkylation sites (N-methyl/N-ethyl adjacent to an activating group) is 2. The van der Waals surface area contributed by atoms with Gasteiger partial charge in [0.2, 0.25) is 5.91 Å². The summed E-state index contributed by atoms with van der Waals surface area (Å²) in [4.78, 5) is 19.4. The highest BCUT2D eigenvalue weighted by atomic mass is 16.2. The molecule has 1 N–H and O–H groups in total. The van der Waals surface area contributed by atoms with Crippen LogP contribution in [0.2, 0.25) is 0 Å². The number of pyridine rings is 1. The third kappa shape index (κ3) is 4.71. The van der Waals surface area contributed by atoms with Gasteiger partial charge in [0.25, 0.3) is 0 Å². The molecule has 0 saturated carbocycles. The zero-order valence-corrected chi connectivity index (χ0v) is 11.6. The fourth-order valence-electron chi connectivity index (χ4n) is 1.59. The zero-order valence-electron chi connectivity index (χ0n) is 11.6. The van der Waals surface area contributed by atoms with Gasteiger partial charge in [0, 0.05) is 33.4 Å². The van der Waals surface area contributed by atoms with Gasteiger partial charge in [-0.05, 0) is 31.7 Å². The maximum Gasteiger partial charge on any atom is 0.236 e. The summed E-state index contributed by atoms with van der Waals surface area (Å²) in [6.07, 6.45) is 1.79. The zero-order chi connectivity index (χ0) is 13.5. The van der Waals surface area contributed by atoms with E-state index in [2.05, 4.69) is 10.3 Å². The molecule has 0 unspecified atom stereocenters. The van der Waals surface area contributed by atoms with Crippen LogP contribution in [0.25, 0.3) is 0 Å². The molecule has 0 aromatic carbocycles. The van der Waals surface area contributed by atoms with E-state index in [1.165, 1.54) is 0 Å². The van der Waals surface area contributed by atoms with Crippen LogP contribution in [0.15, 0.2) is 18.3 Å². The molecule has 0 fully saturated rings. The predicted octanol–water partition coefficient (Wildman–Crippen LogP) is 1.03. The third-order valence-corrected chi connectivity index (χ3v) is 2.54. The molecule has 0 bridgehead atoms. The summed E-state index contributed by atoms with van der Waals surface area (Å²) < 4.78 is 0. The third-order valence-electron chi connectivity index (χ3n) is 2.54. The van der Waals surface area contributed by atoms with Crippen molar-refractivity contribution in [3.8, 4) is 0 Å². The second-order valence-corrected chi connectivity index (χ2v) is 4.54. The predicted molar refractivity (Wildman–Crippen MR) is 73.4 cm³/mol. The Labute approximate surface area is 109 Å². The van der Waals surface area contributed by atoms with Crippen LogP contribution < -0.4 is 5.32 Å². The minimum Gasteiger partial charge on any atom is -0.370 e. The molecule has 1 aromatic heterocycles. The topological polar surface area (TPSA) is 48.5 Å². The van der Waals surface area contributed by atoms with E-state index >= 15 is 0 Å². The van der Waals surface area contributed by atoms with E-state index < -0.39 is 0 Å². The molecule has 0 radical (unpaired) electrons. The minimum atomic E-state index is 0.110. The number of carbonyl (C=O) groups is 1. The summed E-state index contributed by atoms with van der Waals surface area (Å²) in [5.41, 5.74) is 1.15. The molecule has 0 spiro atoms. The molecule has 0 aliphatic heterocycles. The van der Waals surface area contributed by atoms with Crippen molar-refractivity contribution in [2.45, 2.75) is 13.5 Å². The Hall–Kier alpha value is -1.62. The summed E-state index contributed by atoms with van der Waals surface area (Å²) >= 11 is 0. The molecule has 0 saturated heterocycles. The Morgan fingerprint density at radius 3 is 2.72 bits per heavy atom. The van der Waals surface area contributed by atoms with Gasteiger partial charge < -0.3 is 10.2 Å². The molecule has 18 heavy (non-hydrogen) atoms. The summed E-state index contributed by atoms with van der Waals surface area (Å²) in [6, 6.07) is 3.98. The van der Waals surface area contributed by atoms with Crippen LogP contribution in [-0.4, -0.2) is 54.9 Å². The van der Waals surface area contributed by atoms with Gasteiger partial charge in [0.05, 0.1) is 6.54 Å². The Morgan fingerprint density at radius 1 is 1.39 bits per heavy atom. The second kappa shape index (κ2) is 6.96. The summed E-state index contributed by atoms with van der Waals surface area (Å²) in [5.74, 6) is 0.987. The number of carbonyl (C=O) groups excluding carboxylic acids is 1. The van der Waals surface area contributed by atoms with Crippen LogP contribution in [-0.2, 0) is 11.3 Å². The molecular formula is C13H22N4O. The second-order valence-electron chi connectivity index (χ2n) is 4.54. The van der Waals surface area contributed by atoms with Crippen molar-refractivity contribution in [3.05, 3.63) is 23.9 Å². The standard InChI is InChI=1S/C13H22N4O/c1-5-14-12-8-11(6-7-15-12)9-17(4)10-13(18)16(2)3/h6-8H,5,9-10H2,1-4H3,(H,14,15). The van der Waals surface area contributed by atoms with Gasteiger partial charge in [-0.15, -0.1) is 0 Å². The molecule has 1 amide bonds. The molecular weight excluding hydrogens is 228 g/mol. The number of anilines is 1. The van der Waals surface area contributed by atoms with E-state index in [0.29, 0.717) is 6.54 Å². The van der Waals surface area contributed by atoms with Crippen LogP contribution in [0.5, 0.6) is 0 Å². The van der Waals surface area contributed by atoms with E-state index in [0.717, 1.165) is 24.5 Å². The van der Waals surface area contributed by atoms with Gasteiger partial charge >= 0.3 is 0 Å². The van der Waals surface area contributed by atoms with E-state index in [1.807, 2.05) is 31.0 Å². The largest absolute Gasteiger partial charge is 0.370 e. The van der Waals surface area contributed by atoms with Gasteiger partial charge in [-0.2, -0.15) is 0 Å². The van der Waals surface area contributed by atoms with E-state index in [4.69, 9.17) is 0 Å². The molecule has 0 atom stereocenters. The van der Waals surface area contributed by atoms with Crippen molar-refractivity contribution < 1.29 is 4.79 Å². The molecule has 1 aromatic rings. The minimum absolute atomic E-state index is 0.110. The smallest absolute Gasteiger partial charge is 0.236 e. The fraction of sp³-hybridized carbons (Fsp3) is 0.538. The molecule has 5 heteroatoms. The van der Waals surface area contributed by atoms with Crippen LogP contribution in [0, 0.1) is 0 Å². The Morgan fingerprint density at radius 2 is 2.11 bits per heavy atom. The number of hydrogen-bond acceptors (Lipinski definition) is 4. The van der Waals surface area contributed by atoms with Crippen LogP contribution in [0.1, 0.15) is 12.5 Å². The van der Waals surface area contributed by atoms with Gasteiger partial charge in [-0.3, -0.25) is 9.69 Å². The lowest BCUT2D eigenvalue weighted by Gasteiger charge is -2.19. The molecule has 0 aliphatic carbocycles. The van der Waals surface area contributed by atoms with Crippen molar-refractivity contribution in [3.63, 3.8) is 0 Å². The lowest BCUT2D eigenvalue weighted by Crippen LogP contribution is -2.34. The van der Waals surface area contributed by atoms with Crippen molar-refractivity contribution in [1.29, 1.82) is 0 Å². The van der Waals surface area contributed by atoms with E-state index in [-0.39, 0.29) is 5.91 Å². The Balaban J connectivity index is 2.55. The first-order valence-corrected chi connectivity index (χ1v) is 6.10. The maximum absolute atomic E-state index is 11.6. The first kappa shape index (κ1) is 14.4. The fourth-order valence-corrected chi connectivity index (χ4v) is 1.59. The Bertz CT molecular complexity index is 392. The van der Waals surface area contributed by atoms with Crippen LogP contribution in [0.3, 0.4) is 0 Å². The number of hydrogen-bond donors (Lipinski definition) is 1. The number of rotatable bonds is 6. The number of nitrogens with zero attached hydrogens (tertiary/aromatic N) is 3. The molecule has 1 heterocycles. The van der Waals surface area contributed by atoms with E-state index in [1.54, 1.807) is 25.2 Å². The lowest BCUT2D eigenvalue weighted by atomic mass is 10.2. The normalized spacial score (nSPS) is 10.5. The monoisotopic (exact) mass is 250 g/mol. The maximum atomic E-state index is 11.6. The summed E-state index contributed by atoms with van der Waals surface area (Å²) in [7, 11) is 5.48. The average Bonchev–Trinajstić information content (AvgIpc) is 2.29. The number of nitrogens with one attached hydrogen (secondary N) is 1. The number of amides is 1. The molecule has 100 valence electrons. The van der Waals surface area contributed by atoms with Gasteiger partial charge in [0.15, 0.2) is 0 Å². The molecule has 5 nitrogen and oxygen atoms in total. The Kier molecular flexibility index (Phi) is 5.58. The highest BCUT2D eigenvalue weighted by molar-refractivity contribution is 5.77. The highest BCUT2D eigenvalue weighted by Crippen LogP contribution is 2.08.